The Labute approximate surface area is 199 Å². The lowest BCUT2D eigenvalue weighted by Gasteiger charge is -2.08. The number of pyridine rings is 1. The molecule has 0 bridgehead atoms. The molecule has 2 heterocycles. The summed E-state index contributed by atoms with van der Waals surface area (Å²) >= 11 is 0. The van der Waals surface area contributed by atoms with Crippen LogP contribution >= 0.6 is 0 Å². The number of hydrogen-bond acceptors (Lipinski definition) is 1. The number of benzene rings is 3. The van der Waals surface area contributed by atoms with Crippen LogP contribution in [0.1, 0.15) is 23.7 Å². The summed E-state index contributed by atoms with van der Waals surface area (Å²) in [6.07, 6.45) is 2.21. The summed E-state index contributed by atoms with van der Waals surface area (Å²) < 4.78 is 10.9. The molecule has 0 fully saturated rings. The first-order valence-electron chi connectivity index (χ1n) is 10.9. The van der Waals surface area contributed by atoms with E-state index in [-0.39, 0.29) is 17.0 Å². The van der Waals surface area contributed by atoms with Crippen LogP contribution in [-0.2, 0) is 19.7 Å². The zero-order valence-corrected chi connectivity index (χ0v) is 20.0. The standard InChI is InChI=1S/C28H27N2O.BrH/c1-3-30-27-18-24(31-20-23-12-8-5-9-13-23)14-15-25(27)26-16-17-29(21(2)28(26)30)19-22-10-6-4-7-11-22;/h4-18H,3,19-20H2,1-2H3;1H/q+1;/p-1. The number of ether oxygens (including phenoxy) is 1. The average molecular weight is 487 g/mol. The van der Waals surface area contributed by atoms with E-state index in [2.05, 4.69) is 95.9 Å². The molecule has 0 N–H and O–H groups in total. The minimum absolute atomic E-state index is 0. The maximum absolute atomic E-state index is 6.11. The third-order valence-corrected chi connectivity index (χ3v) is 6.03. The van der Waals surface area contributed by atoms with Crippen molar-refractivity contribution in [1.82, 2.24) is 4.57 Å². The molecule has 0 saturated heterocycles. The van der Waals surface area contributed by atoms with Gasteiger partial charge in [0, 0.05) is 41.9 Å². The second-order valence-corrected chi connectivity index (χ2v) is 7.97. The van der Waals surface area contributed by atoms with Crippen LogP contribution < -0.4 is 26.3 Å². The van der Waals surface area contributed by atoms with Gasteiger partial charge in [-0.05, 0) is 24.6 Å². The summed E-state index contributed by atoms with van der Waals surface area (Å²) in [6.45, 7) is 6.81. The molecule has 0 spiro atoms. The first kappa shape index (κ1) is 22.1. The van der Waals surface area contributed by atoms with Crippen molar-refractivity contribution in [3.63, 3.8) is 0 Å². The van der Waals surface area contributed by atoms with Crippen molar-refractivity contribution in [2.75, 3.05) is 0 Å². The summed E-state index contributed by atoms with van der Waals surface area (Å²) in [5.41, 5.74) is 6.30. The molecule has 3 nitrogen and oxygen atoms in total. The van der Waals surface area contributed by atoms with Crippen LogP contribution in [-0.4, -0.2) is 4.57 Å². The van der Waals surface area contributed by atoms with Gasteiger partial charge in [-0.15, -0.1) is 0 Å². The van der Waals surface area contributed by atoms with Gasteiger partial charge in [-0.2, -0.15) is 4.57 Å². The lowest BCUT2D eigenvalue weighted by molar-refractivity contribution is -0.693. The number of halogens is 1. The van der Waals surface area contributed by atoms with Crippen LogP contribution in [0.25, 0.3) is 21.8 Å². The van der Waals surface area contributed by atoms with Crippen molar-refractivity contribution in [2.24, 2.45) is 0 Å². The summed E-state index contributed by atoms with van der Waals surface area (Å²) in [7, 11) is 0. The Hall–Kier alpha value is -3.11. The number of aryl methyl sites for hydroxylation is 2. The fourth-order valence-corrected chi connectivity index (χ4v) is 4.44. The monoisotopic (exact) mass is 486 g/mol. The van der Waals surface area contributed by atoms with Gasteiger partial charge in [0.25, 0.3) is 0 Å². The van der Waals surface area contributed by atoms with Crippen LogP contribution in [0.2, 0.25) is 0 Å². The van der Waals surface area contributed by atoms with E-state index in [1.54, 1.807) is 0 Å². The Morgan fingerprint density at radius 2 is 1.50 bits per heavy atom. The molecule has 0 unspecified atom stereocenters. The summed E-state index contributed by atoms with van der Waals surface area (Å²) in [6, 6.07) is 29.7. The molecule has 5 aromatic rings. The molecule has 32 heavy (non-hydrogen) atoms. The molecule has 0 aliphatic carbocycles. The topological polar surface area (TPSA) is 18.0 Å². The van der Waals surface area contributed by atoms with E-state index in [0.29, 0.717) is 6.61 Å². The molecule has 0 amide bonds. The highest BCUT2D eigenvalue weighted by atomic mass is 79.9. The molecule has 2 aromatic heterocycles. The maximum atomic E-state index is 6.11. The molecule has 0 aliphatic heterocycles. The second kappa shape index (κ2) is 9.58. The van der Waals surface area contributed by atoms with E-state index >= 15 is 0 Å². The van der Waals surface area contributed by atoms with Crippen LogP contribution in [0, 0.1) is 6.92 Å². The zero-order chi connectivity index (χ0) is 21.2. The summed E-state index contributed by atoms with van der Waals surface area (Å²) in [4.78, 5) is 0. The smallest absolute Gasteiger partial charge is 0.203 e. The highest BCUT2D eigenvalue weighted by Crippen LogP contribution is 2.32. The Balaban J connectivity index is 0.00000245. The van der Waals surface area contributed by atoms with Crippen LogP contribution in [0.15, 0.2) is 91.1 Å². The quantitative estimate of drug-likeness (QED) is 0.337. The van der Waals surface area contributed by atoms with Crippen molar-refractivity contribution in [2.45, 2.75) is 33.5 Å². The molecule has 5 rings (SSSR count). The van der Waals surface area contributed by atoms with Crippen LogP contribution in [0.3, 0.4) is 0 Å². The van der Waals surface area contributed by atoms with E-state index in [1.165, 1.54) is 38.6 Å². The van der Waals surface area contributed by atoms with Gasteiger partial charge in [0.2, 0.25) is 5.69 Å². The fraction of sp³-hybridized carbons (Fsp3) is 0.179. The molecule has 0 saturated carbocycles. The van der Waals surface area contributed by atoms with Gasteiger partial charge in [0.15, 0.2) is 12.7 Å². The zero-order valence-electron chi connectivity index (χ0n) is 18.5. The van der Waals surface area contributed by atoms with Gasteiger partial charge < -0.3 is 26.3 Å². The van der Waals surface area contributed by atoms with Gasteiger partial charge in [0.05, 0.1) is 5.52 Å². The Bertz CT molecular complexity index is 1340. The Morgan fingerprint density at radius 1 is 0.812 bits per heavy atom. The number of fused-ring (bicyclic) bond motifs is 3. The number of rotatable bonds is 6. The maximum Gasteiger partial charge on any atom is 0.203 e. The number of nitrogens with zero attached hydrogens (tertiary/aromatic N) is 2. The summed E-state index contributed by atoms with van der Waals surface area (Å²) in [5.74, 6) is 0.906. The van der Waals surface area contributed by atoms with E-state index < -0.39 is 0 Å². The van der Waals surface area contributed by atoms with Crippen molar-refractivity contribution >= 4 is 21.8 Å². The van der Waals surface area contributed by atoms with Gasteiger partial charge in [-0.3, -0.25) is 0 Å². The minimum Gasteiger partial charge on any atom is -1.00 e. The first-order valence-corrected chi connectivity index (χ1v) is 10.9. The predicted octanol–water partition coefficient (Wildman–Crippen LogP) is 3.04. The van der Waals surface area contributed by atoms with Gasteiger partial charge in [-0.25, -0.2) is 0 Å². The molecule has 0 aliphatic rings. The van der Waals surface area contributed by atoms with E-state index in [9.17, 15) is 0 Å². The van der Waals surface area contributed by atoms with Crippen molar-refractivity contribution < 1.29 is 26.3 Å². The second-order valence-electron chi connectivity index (χ2n) is 7.97. The number of aromatic nitrogens is 2. The third kappa shape index (κ3) is 4.15. The number of hydrogen-bond donors (Lipinski definition) is 0. The lowest BCUT2D eigenvalue weighted by atomic mass is 10.1. The van der Waals surface area contributed by atoms with Gasteiger partial charge in [0.1, 0.15) is 17.9 Å². The van der Waals surface area contributed by atoms with E-state index in [1.807, 2.05) is 18.2 Å². The third-order valence-electron chi connectivity index (χ3n) is 6.03. The predicted molar refractivity (Wildman–Crippen MR) is 126 cm³/mol. The highest BCUT2D eigenvalue weighted by Gasteiger charge is 2.19. The Morgan fingerprint density at radius 3 is 2.19 bits per heavy atom. The fourth-order valence-electron chi connectivity index (χ4n) is 4.44. The Kier molecular flexibility index (Phi) is 6.61. The molecule has 3 aromatic carbocycles. The normalized spacial score (nSPS) is 10.9. The van der Waals surface area contributed by atoms with E-state index in [0.717, 1.165) is 18.8 Å². The molecule has 0 atom stereocenters. The highest BCUT2D eigenvalue weighted by molar-refractivity contribution is 6.08. The minimum atomic E-state index is 0. The van der Waals surface area contributed by atoms with Crippen molar-refractivity contribution in [3.05, 3.63) is 108 Å². The van der Waals surface area contributed by atoms with E-state index in [4.69, 9.17) is 4.74 Å². The van der Waals surface area contributed by atoms with Gasteiger partial charge in [-0.1, -0.05) is 60.7 Å². The average Bonchev–Trinajstić information content (AvgIpc) is 3.14. The lowest BCUT2D eigenvalue weighted by Crippen LogP contribution is -3.00. The molecular weight excluding hydrogens is 460 g/mol. The van der Waals surface area contributed by atoms with Crippen LogP contribution in [0.4, 0.5) is 0 Å². The molecule has 4 heteroatoms. The molecule has 0 radical (unpaired) electrons. The molecule has 162 valence electrons. The molecular formula is C28H27BrN2O. The summed E-state index contributed by atoms with van der Waals surface area (Å²) in [5, 5.41) is 2.58. The largest absolute Gasteiger partial charge is 1.00 e. The van der Waals surface area contributed by atoms with Crippen LogP contribution in [0.5, 0.6) is 5.75 Å². The first-order chi connectivity index (χ1) is 15.2. The van der Waals surface area contributed by atoms with Gasteiger partial charge >= 0.3 is 0 Å². The van der Waals surface area contributed by atoms with Crippen molar-refractivity contribution in [1.29, 1.82) is 0 Å². The van der Waals surface area contributed by atoms with Crippen molar-refractivity contribution in [3.8, 4) is 5.75 Å². The SMILES string of the molecule is CCn1c2cc(OCc3ccccc3)ccc2c2cc[n+](Cc3ccccc3)c(C)c21.[Br-].